The molecule has 2 aromatic rings. The van der Waals surface area contributed by atoms with Crippen LogP contribution in [0.4, 0.5) is 11.4 Å². The Hall–Kier alpha value is -1.77. The molecule has 3 nitrogen and oxygen atoms in total. The number of hydrogen-bond acceptors (Lipinski definition) is 3. The number of anilines is 2. The van der Waals surface area contributed by atoms with E-state index in [0.717, 1.165) is 30.2 Å². The van der Waals surface area contributed by atoms with Crippen molar-refractivity contribution in [3.05, 3.63) is 30.5 Å². The maximum Gasteiger partial charge on any atom is 0.0769 e. The van der Waals surface area contributed by atoms with Gasteiger partial charge in [-0.15, -0.1) is 0 Å². The lowest BCUT2D eigenvalue weighted by atomic mass is 9.97. The second-order valence-corrected chi connectivity index (χ2v) is 5.82. The van der Waals surface area contributed by atoms with Crippen LogP contribution in [0.2, 0.25) is 0 Å². The van der Waals surface area contributed by atoms with Gasteiger partial charge >= 0.3 is 0 Å². The van der Waals surface area contributed by atoms with Crippen LogP contribution < -0.4 is 10.6 Å². The highest BCUT2D eigenvalue weighted by Gasteiger charge is 2.18. The standard InChI is InChI=1S/C16H21N3/c1-11(2)7-12-8-17-15-10-18-14-6-4-3-5-13(14)16(15)19-9-12/h3-6,10-12,17,19H,7-9H2,1-2H3. The van der Waals surface area contributed by atoms with Crippen molar-refractivity contribution < 1.29 is 0 Å². The molecule has 0 fully saturated rings. The van der Waals surface area contributed by atoms with Crippen molar-refractivity contribution in [1.82, 2.24) is 4.98 Å². The SMILES string of the molecule is CC(C)CC1CNc2cnc3ccccc3c2NC1. The topological polar surface area (TPSA) is 37.0 Å². The van der Waals surface area contributed by atoms with Crippen molar-refractivity contribution in [2.45, 2.75) is 20.3 Å². The van der Waals surface area contributed by atoms with Crippen LogP contribution in [0.1, 0.15) is 20.3 Å². The van der Waals surface area contributed by atoms with Gasteiger partial charge in [0.25, 0.3) is 0 Å². The van der Waals surface area contributed by atoms with Crippen molar-refractivity contribution in [1.29, 1.82) is 0 Å². The van der Waals surface area contributed by atoms with E-state index in [9.17, 15) is 0 Å². The predicted molar refractivity (Wildman–Crippen MR) is 81.7 cm³/mol. The van der Waals surface area contributed by atoms with Gasteiger partial charge in [-0.1, -0.05) is 32.0 Å². The minimum absolute atomic E-state index is 0.672. The second-order valence-electron chi connectivity index (χ2n) is 5.82. The van der Waals surface area contributed by atoms with E-state index in [-0.39, 0.29) is 0 Å². The van der Waals surface area contributed by atoms with Crippen molar-refractivity contribution in [3.63, 3.8) is 0 Å². The number of hydrogen-bond donors (Lipinski definition) is 2. The van der Waals surface area contributed by atoms with E-state index in [4.69, 9.17) is 0 Å². The number of rotatable bonds is 2. The van der Waals surface area contributed by atoms with Crippen LogP contribution in [0, 0.1) is 11.8 Å². The molecule has 0 saturated carbocycles. The number of fused-ring (bicyclic) bond motifs is 3. The largest absolute Gasteiger partial charge is 0.382 e. The van der Waals surface area contributed by atoms with E-state index in [2.05, 4.69) is 47.7 Å². The van der Waals surface area contributed by atoms with Gasteiger partial charge in [0.2, 0.25) is 0 Å². The summed E-state index contributed by atoms with van der Waals surface area (Å²) in [4.78, 5) is 4.52. The predicted octanol–water partition coefficient (Wildman–Crippen LogP) is 3.73. The molecule has 0 radical (unpaired) electrons. The Balaban J connectivity index is 1.92. The number of aromatic nitrogens is 1. The maximum atomic E-state index is 4.52. The van der Waals surface area contributed by atoms with Crippen molar-refractivity contribution in [2.75, 3.05) is 23.7 Å². The lowest BCUT2D eigenvalue weighted by molar-refractivity contribution is 0.444. The molecule has 0 spiro atoms. The van der Waals surface area contributed by atoms with Gasteiger partial charge in [0.1, 0.15) is 0 Å². The third-order valence-corrected chi connectivity index (χ3v) is 3.73. The lowest BCUT2D eigenvalue weighted by Crippen LogP contribution is -2.20. The molecule has 1 aromatic heterocycles. The molecule has 0 bridgehead atoms. The molecule has 19 heavy (non-hydrogen) atoms. The number of benzene rings is 1. The van der Waals surface area contributed by atoms with Gasteiger partial charge in [-0.25, -0.2) is 0 Å². The molecule has 100 valence electrons. The summed E-state index contributed by atoms with van der Waals surface area (Å²) in [5.41, 5.74) is 3.39. The normalized spacial score (nSPS) is 18.6. The van der Waals surface area contributed by atoms with E-state index in [0.29, 0.717) is 5.92 Å². The molecule has 2 heterocycles. The van der Waals surface area contributed by atoms with E-state index in [1.165, 1.54) is 17.5 Å². The zero-order chi connectivity index (χ0) is 13.2. The minimum atomic E-state index is 0.672. The number of para-hydroxylation sites is 1. The van der Waals surface area contributed by atoms with Crippen molar-refractivity contribution in [3.8, 4) is 0 Å². The maximum absolute atomic E-state index is 4.52. The zero-order valence-electron chi connectivity index (χ0n) is 11.6. The number of nitrogens with one attached hydrogen (secondary N) is 2. The summed E-state index contributed by atoms with van der Waals surface area (Å²) >= 11 is 0. The Morgan fingerprint density at radius 1 is 1.21 bits per heavy atom. The molecule has 1 atom stereocenters. The van der Waals surface area contributed by atoms with Crippen LogP contribution in [0.25, 0.3) is 10.9 Å². The Morgan fingerprint density at radius 3 is 2.84 bits per heavy atom. The van der Waals surface area contributed by atoms with Gasteiger partial charge in [-0.05, 0) is 24.3 Å². The zero-order valence-corrected chi connectivity index (χ0v) is 11.6. The van der Waals surface area contributed by atoms with Gasteiger partial charge in [0, 0.05) is 18.5 Å². The van der Waals surface area contributed by atoms with Crippen LogP contribution in [0.3, 0.4) is 0 Å². The van der Waals surface area contributed by atoms with Crippen LogP contribution in [-0.4, -0.2) is 18.1 Å². The fourth-order valence-electron chi connectivity index (χ4n) is 2.87. The third kappa shape index (κ3) is 2.50. The molecule has 0 aliphatic carbocycles. The molecule has 3 rings (SSSR count). The van der Waals surface area contributed by atoms with Crippen molar-refractivity contribution >= 4 is 22.3 Å². The van der Waals surface area contributed by atoms with Crippen LogP contribution in [-0.2, 0) is 0 Å². The summed E-state index contributed by atoms with van der Waals surface area (Å²) in [6.07, 6.45) is 3.20. The Kier molecular flexibility index (Phi) is 3.28. The number of pyridine rings is 1. The smallest absolute Gasteiger partial charge is 0.0769 e. The van der Waals surface area contributed by atoms with Gasteiger partial charge < -0.3 is 10.6 Å². The molecule has 1 aliphatic rings. The summed E-state index contributed by atoms with van der Waals surface area (Å²) in [6, 6.07) is 8.31. The van der Waals surface area contributed by atoms with E-state index in [1.807, 2.05) is 12.3 Å². The fourth-order valence-corrected chi connectivity index (χ4v) is 2.87. The van der Waals surface area contributed by atoms with Gasteiger partial charge in [-0.3, -0.25) is 4.98 Å². The van der Waals surface area contributed by atoms with Crippen molar-refractivity contribution in [2.24, 2.45) is 11.8 Å². The van der Waals surface area contributed by atoms with Gasteiger partial charge in [0.05, 0.1) is 23.1 Å². The molecule has 0 amide bonds. The third-order valence-electron chi connectivity index (χ3n) is 3.73. The first-order valence-electron chi connectivity index (χ1n) is 7.09. The first-order valence-corrected chi connectivity index (χ1v) is 7.09. The molecule has 1 aliphatic heterocycles. The first kappa shape index (κ1) is 12.3. The minimum Gasteiger partial charge on any atom is -0.382 e. The quantitative estimate of drug-likeness (QED) is 0.858. The Bertz CT molecular complexity index is 577. The average molecular weight is 255 g/mol. The monoisotopic (exact) mass is 255 g/mol. The van der Waals surface area contributed by atoms with E-state index >= 15 is 0 Å². The highest BCUT2D eigenvalue weighted by molar-refractivity contribution is 5.97. The molecule has 3 heteroatoms. The van der Waals surface area contributed by atoms with Gasteiger partial charge in [0.15, 0.2) is 0 Å². The van der Waals surface area contributed by atoms with Gasteiger partial charge in [-0.2, -0.15) is 0 Å². The first-order chi connectivity index (χ1) is 9.24. The molecule has 2 N–H and O–H groups in total. The van der Waals surface area contributed by atoms with Crippen LogP contribution in [0.5, 0.6) is 0 Å². The lowest BCUT2D eigenvalue weighted by Gasteiger charge is -2.16. The highest BCUT2D eigenvalue weighted by Crippen LogP contribution is 2.32. The fraction of sp³-hybridized carbons (Fsp3) is 0.438. The molecule has 1 aromatic carbocycles. The number of nitrogens with zero attached hydrogens (tertiary/aromatic N) is 1. The molecular weight excluding hydrogens is 234 g/mol. The second kappa shape index (κ2) is 5.08. The Labute approximate surface area is 114 Å². The van der Waals surface area contributed by atoms with E-state index in [1.54, 1.807) is 0 Å². The summed E-state index contributed by atoms with van der Waals surface area (Å²) in [5, 5.41) is 8.37. The summed E-state index contributed by atoms with van der Waals surface area (Å²) in [5.74, 6) is 1.41. The highest BCUT2D eigenvalue weighted by atomic mass is 15.0. The summed E-state index contributed by atoms with van der Waals surface area (Å²) < 4.78 is 0. The molecular formula is C16H21N3. The molecule has 0 saturated heterocycles. The average Bonchev–Trinajstić information content (AvgIpc) is 2.61. The van der Waals surface area contributed by atoms with Crippen LogP contribution in [0.15, 0.2) is 30.5 Å². The summed E-state index contributed by atoms with van der Waals surface area (Å²) in [7, 11) is 0. The Morgan fingerprint density at radius 2 is 2.00 bits per heavy atom. The van der Waals surface area contributed by atoms with Crippen LogP contribution >= 0.6 is 0 Å². The summed E-state index contributed by atoms with van der Waals surface area (Å²) in [6.45, 7) is 6.63. The molecule has 1 unspecified atom stereocenters. The van der Waals surface area contributed by atoms with E-state index < -0.39 is 0 Å².